The minimum absolute atomic E-state index is 0.145. The molecule has 1 fully saturated rings. The summed E-state index contributed by atoms with van der Waals surface area (Å²) in [4.78, 5) is 24.5. The molecular weight excluding hydrogens is 290 g/mol. The highest BCUT2D eigenvalue weighted by Gasteiger charge is 2.33. The molecule has 23 heavy (non-hydrogen) atoms. The van der Waals surface area contributed by atoms with Gasteiger partial charge in [0.05, 0.1) is 0 Å². The Morgan fingerprint density at radius 1 is 0.739 bits per heavy atom. The smallest absolute Gasteiger partial charge is 0.243 e. The lowest BCUT2D eigenvalue weighted by Crippen LogP contribution is -2.62. The van der Waals surface area contributed by atoms with Crippen LogP contribution < -0.4 is 16.4 Å². The minimum atomic E-state index is -0.543. The maximum Gasteiger partial charge on any atom is 0.243 e. The van der Waals surface area contributed by atoms with Gasteiger partial charge in [0.25, 0.3) is 0 Å². The van der Waals surface area contributed by atoms with Gasteiger partial charge in [0.2, 0.25) is 11.8 Å². The van der Waals surface area contributed by atoms with E-state index < -0.39 is 12.1 Å². The van der Waals surface area contributed by atoms with Crippen molar-refractivity contribution in [3.63, 3.8) is 0 Å². The summed E-state index contributed by atoms with van der Waals surface area (Å²) in [5.74, 6) is -0.295. The standard InChI is InChI=1S/C18H19N3O2/c19-14-8-6-13(7-9-14)11-16-18(23)20-15(17(22)21-16)10-12-4-2-1-3-5-12/h1-9,15-16H,10-11,19H2,(H,20,23)(H,21,22)/t15-,16-/m0/s1. The molecule has 0 aliphatic carbocycles. The molecule has 0 spiro atoms. The number of anilines is 1. The number of rotatable bonds is 4. The number of carbonyl (C=O) groups is 2. The van der Waals surface area contributed by atoms with Gasteiger partial charge < -0.3 is 16.4 Å². The number of carbonyl (C=O) groups excluding carboxylic acids is 2. The average Bonchev–Trinajstić information content (AvgIpc) is 2.55. The Balaban J connectivity index is 1.64. The monoisotopic (exact) mass is 309 g/mol. The van der Waals surface area contributed by atoms with Crippen LogP contribution in [0.2, 0.25) is 0 Å². The predicted molar refractivity (Wildman–Crippen MR) is 88.6 cm³/mol. The normalized spacial score (nSPS) is 20.7. The molecule has 4 N–H and O–H groups in total. The van der Waals surface area contributed by atoms with E-state index in [1.807, 2.05) is 42.5 Å². The summed E-state index contributed by atoms with van der Waals surface area (Å²) in [6, 6.07) is 15.9. The van der Waals surface area contributed by atoms with Gasteiger partial charge in [-0.1, -0.05) is 42.5 Å². The summed E-state index contributed by atoms with van der Waals surface area (Å²) < 4.78 is 0. The molecule has 2 amide bonds. The minimum Gasteiger partial charge on any atom is -0.399 e. The van der Waals surface area contributed by atoms with Crippen LogP contribution >= 0.6 is 0 Å². The van der Waals surface area contributed by atoms with Gasteiger partial charge in [-0.25, -0.2) is 0 Å². The van der Waals surface area contributed by atoms with Crippen LogP contribution in [0.5, 0.6) is 0 Å². The molecule has 0 radical (unpaired) electrons. The van der Waals surface area contributed by atoms with Crippen molar-refractivity contribution in [1.29, 1.82) is 0 Å². The molecule has 2 aromatic carbocycles. The Morgan fingerprint density at radius 3 is 1.74 bits per heavy atom. The third-order valence-electron chi connectivity index (χ3n) is 3.97. The van der Waals surface area contributed by atoms with Crippen molar-refractivity contribution < 1.29 is 9.59 Å². The Hall–Kier alpha value is -2.82. The number of nitrogen functional groups attached to an aromatic ring is 1. The second-order valence-corrected chi connectivity index (χ2v) is 5.76. The Kier molecular flexibility index (Phi) is 4.28. The van der Waals surface area contributed by atoms with Gasteiger partial charge in [0.1, 0.15) is 12.1 Å². The first-order valence-corrected chi connectivity index (χ1v) is 7.61. The van der Waals surface area contributed by atoms with Gasteiger partial charge in [0.15, 0.2) is 0 Å². The van der Waals surface area contributed by atoms with E-state index in [0.717, 1.165) is 11.1 Å². The van der Waals surface area contributed by atoms with Gasteiger partial charge in [-0.15, -0.1) is 0 Å². The van der Waals surface area contributed by atoms with Gasteiger partial charge in [0, 0.05) is 18.5 Å². The number of benzene rings is 2. The molecule has 1 heterocycles. The molecule has 3 rings (SSSR count). The fourth-order valence-electron chi connectivity index (χ4n) is 2.70. The molecule has 1 aliphatic rings. The second kappa shape index (κ2) is 6.52. The fourth-order valence-corrected chi connectivity index (χ4v) is 2.70. The molecule has 5 nitrogen and oxygen atoms in total. The highest BCUT2D eigenvalue weighted by Crippen LogP contribution is 2.12. The quantitative estimate of drug-likeness (QED) is 0.738. The molecule has 0 unspecified atom stereocenters. The molecule has 1 saturated heterocycles. The highest BCUT2D eigenvalue weighted by atomic mass is 16.2. The van der Waals surface area contributed by atoms with Crippen molar-refractivity contribution in [1.82, 2.24) is 10.6 Å². The lowest BCUT2D eigenvalue weighted by Gasteiger charge is -2.29. The zero-order valence-electron chi connectivity index (χ0n) is 12.7. The zero-order chi connectivity index (χ0) is 16.2. The zero-order valence-corrected chi connectivity index (χ0v) is 12.7. The molecule has 118 valence electrons. The van der Waals surface area contributed by atoms with Crippen molar-refractivity contribution >= 4 is 17.5 Å². The van der Waals surface area contributed by atoms with E-state index in [1.165, 1.54) is 0 Å². The van der Waals surface area contributed by atoms with E-state index in [1.54, 1.807) is 12.1 Å². The SMILES string of the molecule is Nc1ccc(C[C@@H]2NC(=O)[C@H](Cc3ccccc3)NC2=O)cc1. The third kappa shape index (κ3) is 3.69. The van der Waals surface area contributed by atoms with Crippen LogP contribution in [-0.2, 0) is 22.4 Å². The van der Waals surface area contributed by atoms with Crippen LogP contribution in [0.15, 0.2) is 54.6 Å². The molecule has 0 bridgehead atoms. The van der Waals surface area contributed by atoms with Gasteiger partial charge in [-0.3, -0.25) is 9.59 Å². The first-order valence-electron chi connectivity index (χ1n) is 7.61. The molecule has 1 aliphatic heterocycles. The number of piperazine rings is 1. The van der Waals surface area contributed by atoms with E-state index in [4.69, 9.17) is 5.73 Å². The summed E-state index contributed by atoms with van der Waals surface area (Å²) in [5.41, 5.74) is 8.30. The second-order valence-electron chi connectivity index (χ2n) is 5.76. The first-order chi connectivity index (χ1) is 11.1. The predicted octanol–water partition coefficient (Wildman–Crippen LogP) is 1.04. The Labute approximate surface area is 134 Å². The number of nitrogens with one attached hydrogen (secondary N) is 2. The average molecular weight is 309 g/mol. The third-order valence-corrected chi connectivity index (χ3v) is 3.97. The number of amides is 2. The van der Waals surface area contributed by atoms with Crippen LogP contribution in [0.4, 0.5) is 5.69 Å². The van der Waals surface area contributed by atoms with E-state index >= 15 is 0 Å². The number of hydrogen-bond acceptors (Lipinski definition) is 3. The molecule has 2 atom stereocenters. The van der Waals surface area contributed by atoms with Gasteiger partial charge in [-0.05, 0) is 23.3 Å². The lowest BCUT2D eigenvalue weighted by molar-refractivity contribution is -0.136. The summed E-state index contributed by atoms with van der Waals surface area (Å²) in [6.45, 7) is 0. The van der Waals surface area contributed by atoms with E-state index in [9.17, 15) is 9.59 Å². The summed E-state index contributed by atoms with van der Waals surface area (Å²) in [6.07, 6.45) is 0.947. The molecule has 0 saturated carbocycles. The lowest BCUT2D eigenvalue weighted by atomic mass is 9.98. The van der Waals surface area contributed by atoms with Crippen LogP contribution in [0.25, 0.3) is 0 Å². The van der Waals surface area contributed by atoms with E-state index in [2.05, 4.69) is 10.6 Å². The van der Waals surface area contributed by atoms with Crippen LogP contribution in [0.3, 0.4) is 0 Å². The summed E-state index contributed by atoms with van der Waals surface area (Å²) in [5, 5.41) is 5.64. The van der Waals surface area contributed by atoms with E-state index in [0.29, 0.717) is 18.5 Å². The highest BCUT2D eigenvalue weighted by molar-refractivity contribution is 5.97. The van der Waals surface area contributed by atoms with Gasteiger partial charge in [-0.2, -0.15) is 0 Å². The Morgan fingerprint density at radius 2 is 1.22 bits per heavy atom. The van der Waals surface area contributed by atoms with Crippen LogP contribution in [-0.4, -0.2) is 23.9 Å². The fraction of sp³-hybridized carbons (Fsp3) is 0.222. The van der Waals surface area contributed by atoms with Crippen molar-refractivity contribution in [2.24, 2.45) is 0 Å². The molecular formula is C18H19N3O2. The van der Waals surface area contributed by atoms with Gasteiger partial charge >= 0.3 is 0 Å². The summed E-state index contributed by atoms with van der Waals surface area (Å²) in [7, 11) is 0. The summed E-state index contributed by atoms with van der Waals surface area (Å²) >= 11 is 0. The van der Waals surface area contributed by atoms with Crippen LogP contribution in [0.1, 0.15) is 11.1 Å². The first kappa shape index (κ1) is 15.1. The molecule has 2 aromatic rings. The van der Waals surface area contributed by atoms with Crippen molar-refractivity contribution in [2.45, 2.75) is 24.9 Å². The number of nitrogens with two attached hydrogens (primary N) is 1. The van der Waals surface area contributed by atoms with Crippen molar-refractivity contribution in [3.05, 3.63) is 65.7 Å². The molecule has 5 heteroatoms. The molecule has 0 aromatic heterocycles. The van der Waals surface area contributed by atoms with Crippen molar-refractivity contribution in [3.8, 4) is 0 Å². The Bertz CT molecular complexity index is 698. The van der Waals surface area contributed by atoms with Crippen LogP contribution in [0, 0.1) is 0 Å². The maximum atomic E-state index is 12.3. The van der Waals surface area contributed by atoms with Crippen molar-refractivity contribution in [2.75, 3.05) is 5.73 Å². The number of hydrogen-bond donors (Lipinski definition) is 3. The van der Waals surface area contributed by atoms with E-state index in [-0.39, 0.29) is 11.8 Å². The largest absolute Gasteiger partial charge is 0.399 e. The maximum absolute atomic E-state index is 12.3. The topological polar surface area (TPSA) is 84.2 Å².